The lowest BCUT2D eigenvalue weighted by Gasteiger charge is -2.26. The van der Waals surface area contributed by atoms with E-state index in [1.807, 2.05) is 6.92 Å². The average molecular weight is 166 g/mol. The predicted octanol–water partition coefficient (Wildman–Crippen LogP) is 1.26. The lowest BCUT2D eigenvalue weighted by molar-refractivity contribution is 0.445. The summed E-state index contributed by atoms with van der Waals surface area (Å²) in [5.74, 6) is 2.34. The van der Waals surface area contributed by atoms with Crippen LogP contribution >= 0.6 is 0 Å². The van der Waals surface area contributed by atoms with E-state index in [4.69, 9.17) is 5.73 Å². The van der Waals surface area contributed by atoms with Crippen LogP contribution in [0, 0.1) is 6.92 Å². The SMILES string of the molecule is Cc1nc(NC2CCC2)c(N)[nH]1. The predicted molar refractivity (Wildman–Crippen MR) is 49.0 cm³/mol. The Labute approximate surface area is 71.6 Å². The van der Waals surface area contributed by atoms with Crippen LogP contribution in [-0.4, -0.2) is 16.0 Å². The van der Waals surface area contributed by atoms with Crippen molar-refractivity contribution < 1.29 is 0 Å². The van der Waals surface area contributed by atoms with Crippen LogP contribution in [0.25, 0.3) is 0 Å². The fourth-order valence-corrected chi connectivity index (χ4v) is 1.37. The highest BCUT2D eigenvalue weighted by molar-refractivity contribution is 5.57. The van der Waals surface area contributed by atoms with Gasteiger partial charge in [-0.3, -0.25) is 0 Å². The number of hydrogen-bond acceptors (Lipinski definition) is 3. The number of H-pyrrole nitrogens is 1. The van der Waals surface area contributed by atoms with Crippen LogP contribution in [0.3, 0.4) is 0 Å². The van der Waals surface area contributed by atoms with Gasteiger partial charge in [0, 0.05) is 6.04 Å². The summed E-state index contributed by atoms with van der Waals surface area (Å²) in [5.41, 5.74) is 5.69. The lowest BCUT2D eigenvalue weighted by atomic mass is 9.93. The van der Waals surface area contributed by atoms with E-state index < -0.39 is 0 Å². The molecule has 2 rings (SSSR count). The number of nitrogens with two attached hydrogens (primary N) is 1. The summed E-state index contributed by atoms with van der Waals surface area (Å²) in [5, 5.41) is 3.30. The van der Waals surface area contributed by atoms with Gasteiger partial charge in [0.1, 0.15) is 11.6 Å². The maximum absolute atomic E-state index is 5.69. The summed E-state index contributed by atoms with van der Waals surface area (Å²) in [7, 11) is 0. The van der Waals surface area contributed by atoms with E-state index in [-0.39, 0.29) is 0 Å². The molecule has 0 unspecified atom stereocenters. The smallest absolute Gasteiger partial charge is 0.168 e. The van der Waals surface area contributed by atoms with E-state index in [0.717, 1.165) is 11.6 Å². The van der Waals surface area contributed by atoms with Gasteiger partial charge in [0.05, 0.1) is 0 Å². The number of nitrogens with one attached hydrogen (secondary N) is 2. The summed E-state index contributed by atoms with van der Waals surface area (Å²) >= 11 is 0. The molecular weight excluding hydrogens is 152 g/mol. The molecule has 12 heavy (non-hydrogen) atoms. The molecule has 0 aliphatic heterocycles. The summed E-state index contributed by atoms with van der Waals surface area (Å²) in [6.45, 7) is 1.91. The molecule has 1 aliphatic rings. The van der Waals surface area contributed by atoms with Gasteiger partial charge in [-0.25, -0.2) is 4.98 Å². The van der Waals surface area contributed by atoms with Crippen LogP contribution < -0.4 is 11.1 Å². The second-order valence-corrected chi connectivity index (χ2v) is 3.36. The zero-order valence-electron chi connectivity index (χ0n) is 7.22. The van der Waals surface area contributed by atoms with Gasteiger partial charge in [0.25, 0.3) is 0 Å². The Bertz CT molecular complexity index is 275. The topological polar surface area (TPSA) is 66.7 Å². The second kappa shape index (κ2) is 2.69. The third kappa shape index (κ3) is 1.24. The minimum Gasteiger partial charge on any atom is -0.382 e. The van der Waals surface area contributed by atoms with E-state index >= 15 is 0 Å². The molecule has 0 atom stereocenters. The highest BCUT2D eigenvalue weighted by Gasteiger charge is 2.18. The van der Waals surface area contributed by atoms with E-state index in [9.17, 15) is 0 Å². The lowest BCUT2D eigenvalue weighted by Crippen LogP contribution is -2.27. The number of anilines is 2. The largest absolute Gasteiger partial charge is 0.382 e. The summed E-state index contributed by atoms with van der Waals surface area (Å²) < 4.78 is 0. The van der Waals surface area contributed by atoms with Crippen molar-refractivity contribution in [3.63, 3.8) is 0 Å². The summed E-state index contributed by atoms with van der Waals surface area (Å²) in [4.78, 5) is 7.21. The molecule has 0 aromatic carbocycles. The molecule has 0 amide bonds. The van der Waals surface area contributed by atoms with Crippen molar-refractivity contribution in [2.45, 2.75) is 32.2 Å². The van der Waals surface area contributed by atoms with Gasteiger partial charge in [0.2, 0.25) is 0 Å². The quantitative estimate of drug-likeness (QED) is 0.619. The van der Waals surface area contributed by atoms with E-state index in [1.165, 1.54) is 19.3 Å². The first-order valence-electron chi connectivity index (χ1n) is 4.34. The molecule has 4 N–H and O–H groups in total. The van der Waals surface area contributed by atoms with Crippen LogP contribution in [0.5, 0.6) is 0 Å². The average Bonchev–Trinajstić information content (AvgIpc) is 2.21. The maximum Gasteiger partial charge on any atom is 0.168 e. The zero-order valence-corrected chi connectivity index (χ0v) is 7.22. The fraction of sp³-hybridized carbons (Fsp3) is 0.625. The third-order valence-electron chi connectivity index (χ3n) is 2.30. The first kappa shape index (κ1) is 7.46. The van der Waals surface area contributed by atoms with Gasteiger partial charge in [-0.1, -0.05) is 0 Å². The first-order valence-corrected chi connectivity index (χ1v) is 4.34. The van der Waals surface area contributed by atoms with Gasteiger partial charge in [-0.15, -0.1) is 0 Å². The van der Waals surface area contributed by atoms with Gasteiger partial charge in [0.15, 0.2) is 5.82 Å². The van der Waals surface area contributed by atoms with Crippen LogP contribution in [0.15, 0.2) is 0 Å². The number of aryl methyl sites for hydroxylation is 1. The first-order chi connectivity index (χ1) is 5.75. The Hall–Kier alpha value is -1.19. The number of aromatic amines is 1. The Morgan fingerprint density at radius 1 is 1.58 bits per heavy atom. The molecule has 4 heteroatoms. The summed E-state index contributed by atoms with van der Waals surface area (Å²) in [6, 6.07) is 0.593. The van der Waals surface area contributed by atoms with Gasteiger partial charge in [-0.05, 0) is 26.2 Å². The van der Waals surface area contributed by atoms with E-state index in [1.54, 1.807) is 0 Å². The normalized spacial score (nSPS) is 17.4. The van der Waals surface area contributed by atoms with Crippen molar-refractivity contribution in [1.82, 2.24) is 9.97 Å². The minimum atomic E-state index is 0.593. The fourth-order valence-electron chi connectivity index (χ4n) is 1.37. The van der Waals surface area contributed by atoms with E-state index in [0.29, 0.717) is 11.9 Å². The molecule has 0 spiro atoms. The molecule has 1 fully saturated rings. The van der Waals surface area contributed by atoms with Gasteiger partial charge < -0.3 is 16.0 Å². The van der Waals surface area contributed by atoms with Crippen LogP contribution in [0.2, 0.25) is 0 Å². The molecular formula is C8H14N4. The van der Waals surface area contributed by atoms with Crippen molar-refractivity contribution in [3.05, 3.63) is 5.82 Å². The number of imidazole rings is 1. The third-order valence-corrected chi connectivity index (χ3v) is 2.30. The number of aromatic nitrogens is 2. The standard InChI is InChI=1S/C8H14N4/c1-5-10-7(9)8(11-5)12-6-3-2-4-6/h6,12H,2-4,9H2,1H3,(H,10,11). The molecule has 1 aromatic rings. The van der Waals surface area contributed by atoms with Crippen LogP contribution in [-0.2, 0) is 0 Å². The minimum absolute atomic E-state index is 0.593. The van der Waals surface area contributed by atoms with Crippen LogP contribution in [0.1, 0.15) is 25.1 Å². The van der Waals surface area contributed by atoms with Crippen LogP contribution in [0.4, 0.5) is 11.6 Å². The highest BCUT2D eigenvalue weighted by atomic mass is 15.1. The number of nitrogens with zero attached hydrogens (tertiary/aromatic N) is 1. The number of hydrogen-bond donors (Lipinski definition) is 3. The zero-order chi connectivity index (χ0) is 8.55. The van der Waals surface area contributed by atoms with Crippen molar-refractivity contribution in [2.24, 2.45) is 0 Å². The molecule has 0 saturated heterocycles. The van der Waals surface area contributed by atoms with Gasteiger partial charge in [-0.2, -0.15) is 0 Å². The molecule has 0 radical (unpaired) electrons. The number of nitrogen functional groups attached to an aromatic ring is 1. The van der Waals surface area contributed by atoms with Gasteiger partial charge >= 0.3 is 0 Å². The van der Waals surface area contributed by atoms with Crippen molar-refractivity contribution in [3.8, 4) is 0 Å². The second-order valence-electron chi connectivity index (χ2n) is 3.36. The van der Waals surface area contributed by atoms with Crippen molar-refractivity contribution in [1.29, 1.82) is 0 Å². The Morgan fingerprint density at radius 2 is 2.33 bits per heavy atom. The Kier molecular flexibility index (Phi) is 1.67. The number of rotatable bonds is 2. The molecule has 1 saturated carbocycles. The molecule has 1 aromatic heterocycles. The molecule has 0 bridgehead atoms. The molecule has 1 aliphatic carbocycles. The molecule has 1 heterocycles. The Morgan fingerprint density at radius 3 is 2.75 bits per heavy atom. The Balaban J connectivity index is 2.05. The highest BCUT2D eigenvalue weighted by Crippen LogP contribution is 2.24. The molecule has 4 nitrogen and oxygen atoms in total. The van der Waals surface area contributed by atoms with Crippen molar-refractivity contribution >= 4 is 11.6 Å². The van der Waals surface area contributed by atoms with Crippen molar-refractivity contribution in [2.75, 3.05) is 11.1 Å². The summed E-state index contributed by atoms with van der Waals surface area (Å²) in [6.07, 6.45) is 3.80. The van der Waals surface area contributed by atoms with E-state index in [2.05, 4.69) is 15.3 Å². The molecule has 66 valence electrons. The monoisotopic (exact) mass is 166 g/mol. The maximum atomic E-state index is 5.69.